The third-order valence-corrected chi connectivity index (χ3v) is 6.82. The molecule has 32 heavy (non-hydrogen) atoms. The van der Waals surface area contributed by atoms with Crippen molar-refractivity contribution in [2.24, 2.45) is 11.0 Å². The molecular formula is C24H25N6O2+. The SMILES string of the molecule is C=CC(=O)N1[C@@H]2CC[C@H]1CC(/C=[N+]1/N=CC(c3cc(OC)c4c(C#N)cnn4c3)=C1C)C2. The number of hydrogen-bond acceptors (Lipinski definition) is 5. The van der Waals surface area contributed by atoms with Crippen LogP contribution in [0.25, 0.3) is 11.1 Å². The van der Waals surface area contributed by atoms with E-state index < -0.39 is 0 Å². The van der Waals surface area contributed by atoms with Gasteiger partial charge < -0.3 is 9.64 Å². The number of aromatic nitrogens is 2. The third kappa shape index (κ3) is 3.12. The van der Waals surface area contributed by atoms with Gasteiger partial charge >= 0.3 is 0 Å². The molecule has 2 bridgehead atoms. The molecule has 2 fully saturated rings. The molecule has 3 aliphatic rings. The summed E-state index contributed by atoms with van der Waals surface area (Å²) in [5.41, 5.74) is 4.07. The fourth-order valence-electron chi connectivity index (χ4n) is 5.33. The number of ether oxygens (including phenoxy) is 1. The average Bonchev–Trinajstić information content (AvgIpc) is 3.46. The second-order valence-electron chi connectivity index (χ2n) is 8.56. The molecular weight excluding hydrogens is 404 g/mol. The van der Waals surface area contributed by atoms with Crippen molar-refractivity contribution in [1.29, 1.82) is 5.26 Å². The molecule has 0 aliphatic carbocycles. The van der Waals surface area contributed by atoms with Gasteiger partial charge in [-0.1, -0.05) is 11.3 Å². The lowest BCUT2D eigenvalue weighted by atomic mass is 9.91. The maximum absolute atomic E-state index is 12.2. The second-order valence-corrected chi connectivity index (χ2v) is 8.56. The highest BCUT2D eigenvalue weighted by atomic mass is 16.5. The van der Waals surface area contributed by atoms with Crippen LogP contribution in [0.4, 0.5) is 0 Å². The van der Waals surface area contributed by atoms with Crippen molar-refractivity contribution >= 4 is 29.4 Å². The van der Waals surface area contributed by atoms with Gasteiger partial charge in [0.25, 0.3) is 0 Å². The van der Waals surface area contributed by atoms with E-state index in [4.69, 9.17) is 4.74 Å². The number of rotatable bonds is 4. The fraction of sp³-hybridized carbons (Fsp3) is 0.375. The van der Waals surface area contributed by atoms with Crippen molar-refractivity contribution in [3.05, 3.63) is 47.9 Å². The number of methoxy groups -OCH3 is 1. The minimum Gasteiger partial charge on any atom is -0.494 e. The summed E-state index contributed by atoms with van der Waals surface area (Å²) in [5, 5.41) is 18.3. The molecule has 0 radical (unpaired) electrons. The van der Waals surface area contributed by atoms with Crippen molar-refractivity contribution in [3.8, 4) is 11.8 Å². The number of carbonyl (C=O) groups is 1. The number of piperidine rings is 1. The normalized spacial score (nSPS) is 25.6. The lowest BCUT2D eigenvalue weighted by molar-refractivity contribution is -0.474. The largest absolute Gasteiger partial charge is 0.494 e. The Morgan fingerprint density at radius 2 is 2.12 bits per heavy atom. The average molecular weight is 430 g/mol. The van der Waals surface area contributed by atoms with Crippen molar-refractivity contribution in [1.82, 2.24) is 14.5 Å². The summed E-state index contributed by atoms with van der Waals surface area (Å²) < 4.78 is 9.17. The number of fused-ring (bicyclic) bond motifs is 3. The van der Waals surface area contributed by atoms with Gasteiger partial charge in [0.2, 0.25) is 11.6 Å². The van der Waals surface area contributed by atoms with Gasteiger partial charge in [-0.05, 0) is 42.9 Å². The molecule has 0 spiro atoms. The molecule has 2 saturated heterocycles. The number of nitrogens with zero attached hydrogens (tertiary/aromatic N) is 6. The number of carbonyl (C=O) groups excluding carboxylic acids is 1. The number of pyridine rings is 1. The molecule has 1 unspecified atom stereocenters. The van der Waals surface area contributed by atoms with Crippen molar-refractivity contribution in [3.63, 3.8) is 0 Å². The van der Waals surface area contributed by atoms with Gasteiger partial charge in [-0.3, -0.25) is 4.79 Å². The highest BCUT2D eigenvalue weighted by molar-refractivity contribution is 6.11. The van der Waals surface area contributed by atoms with E-state index >= 15 is 0 Å². The van der Waals surface area contributed by atoms with Crippen LogP contribution in [-0.4, -0.2) is 56.7 Å². The van der Waals surface area contributed by atoms with E-state index in [1.807, 2.05) is 35.0 Å². The van der Waals surface area contributed by atoms with Gasteiger partial charge in [-0.15, -0.1) is 0 Å². The second kappa shape index (κ2) is 7.75. The Morgan fingerprint density at radius 1 is 1.38 bits per heavy atom. The van der Waals surface area contributed by atoms with Crippen LogP contribution in [0.5, 0.6) is 5.75 Å². The van der Waals surface area contributed by atoms with E-state index in [2.05, 4.69) is 29.1 Å². The van der Waals surface area contributed by atoms with Crippen LogP contribution in [0.3, 0.4) is 0 Å². The maximum atomic E-state index is 12.2. The first-order valence-electron chi connectivity index (χ1n) is 10.8. The predicted octanol–water partition coefficient (Wildman–Crippen LogP) is 2.98. The van der Waals surface area contributed by atoms with Crippen LogP contribution in [0.1, 0.15) is 43.7 Å². The van der Waals surface area contributed by atoms with Gasteiger partial charge in [0.1, 0.15) is 29.1 Å². The molecule has 5 rings (SSSR count). The topological polar surface area (TPSA) is 86.0 Å². The van der Waals surface area contributed by atoms with Gasteiger partial charge in [0, 0.05) is 36.7 Å². The molecule has 162 valence electrons. The number of amides is 1. The zero-order valence-electron chi connectivity index (χ0n) is 18.2. The molecule has 8 nitrogen and oxygen atoms in total. The zero-order valence-corrected chi connectivity index (χ0v) is 18.2. The molecule has 3 aliphatic heterocycles. The molecule has 2 aromatic rings. The Balaban J connectivity index is 1.44. The van der Waals surface area contributed by atoms with E-state index in [0.717, 1.165) is 42.5 Å². The van der Waals surface area contributed by atoms with Crippen LogP contribution >= 0.6 is 0 Å². The quantitative estimate of drug-likeness (QED) is 0.552. The molecule has 3 atom stereocenters. The van der Waals surface area contributed by atoms with Gasteiger partial charge in [-0.25, -0.2) is 4.52 Å². The molecule has 0 N–H and O–H groups in total. The van der Waals surface area contributed by atoms with Gasteiger partial charge in [-0.2, -0.15) is 10.4 Å². The summed E-state index contributed by atoms with van der Waals surface area (Å²) in [5.74, 6) is 1.02. The van der Waals surface area contributed by atoms with E-state index in [-0.39, 0.29) is 18.0 Å². The molecule has 1 amide bonds. The Morgan fingerprint density at radius 3 is 2.78 bits per heavy atom. The first kappa shape index (κ1) is 20.2. The van der Waals surface area contributed by atoms with Crippen LogP contribution in [0.15, 0.2) is 41.9 Å². The number of hydrogen-bond donors (Lipinski definition) is 0. The predicted molar refractivity (Wildman–Crippen MR) is 120 cm³/mol. The fourth-order valence-corrected chi connectivity index (χ4v) is 5.33. The Labute approximate surface area is 186 Å². The summed E-state index contributed by atoms with van der Waals surface area (Å²) >= 11 is 0. The van der Waals surface area contributed by atoms with Gasteiger partial charge in [0.15, 0.2) is 6.21 Å². The monoisotopic (exact) mass is 429 g/mol. The first-order chi connectivity index (χ1) is 15.5. The van der Waals surface area contributed by atoms with Crippen molar-refractivity contribution in [2.75, 3.05) is 7.11 Å². The maximum Gasteiger partial charge on any atom is 0.246 e. The lowest BCUT2D eigenvalue weighted by Crippen LogP contribution is -2.46. The third-order valence-electron chi connectivity index (χ3n) is 6.82. The van der Waals surface area contributed by atoms with E-state index in [0.29, 0.717) is 22.7 Å². The summed E-state index contributed by atoms with van der Waals surface area (Å²) in [6, 6.07) is 4.66. The molecule has 0 saturated carbocycles. The van der Waals surface area contributed by atoms with Crippen LogP contribution < -0.4 is 4.74 Å². The number of hydrazone groups is 1. The highest BCUT2D eigenvalue weighted by Gasteiger charge is 2.43. The van der Waals surface area contributed by atoms with E-state index in [9.17, 15) is 10.1 Å². The minimum absolute atomic E-state index is 0.0519. The van der Waals surface area contributed by atoms with Crippen LogP contribution in [0.2, 0.25) is 0 Å². The molecule has 0 aromatic carbocycles. The molecule has 5 heterocycles. The first-order valence-corrected chi connectivity index (χ1v) is 10.8. The smallest absolute Gasteiger partial charge is 0.246 e. The Hall–Kier alpha value is -3.73. The summed E-state index contributed by atoms with van der Waals surface area (Å²) in [6.07, 6.45) is 12.9. The Kier molecular flexibility index (Phi) is 4.89. The summed E-state index contributed by atoms with van der Waals surface area (Å²) in [7, 11) is 1.59. The number of allylic oxidation sites excluding steroid dienone is 2. The standard InChI is InChI=1S/C24H25N6O2/c1-4-23(31)30-19-5-6-20(30)8-16(7-19)13-28-15(2)21(12-27-28)17-9-22(32-3)24-18(10-25)11-26-29(24)14-17/h4,9,11-14,16,19-20H,1,5-8H2,2-3H3/q+1/b28-13+/t16?,19-,20+. The summed E-state index contributed by atoms with van der Waals surface area (Å²) in [6.45, 7) is 5.70. The van der Waals surface area contributed by atoms with Crippen molar-refractivity contribution < 1.29 is 14.2 Å². The minimum atomic E-state index is 0.0519. The van der Waals surface area contributed by atoms with Crippen LogP contribution in [-0.2, 0) is 4.79 Å². The zero-order chi connectivity index (χ0) is 22.4. The highest BCUT2D eigenvalue weighted by Crippen LogP contribution is 2.38. The van der Waals surface area contributed by atoms with Crippen LogP contribution in [0, 0.1) is 17.2 Å². The lowest BCUT2D eigenvalue weighted by Gasteiger charge is -2.36. The van der Waals surface area contributed by atoms with Gasteiger partial charge in [0.05, 0.1) is 18.9 Å². The molecule has 8 heteroatoms. The molecule has 2 aromatic heterocycles. The van der Waals surface area contributed by atoms with E-state index in [1.54, 1.807) is 17.8 Å². The number of nitriles is 1. The van der Waals surface area contributed by atoms with E-state index in [1.165, 1.54) is 6.08 Å². The van der Waals surface area contributed by atoms with Crippen molar-refractivity contribution in [2.45, 2.75) is 44.7 Å². The Bertz CT molecular complexity index is 1250. The summed E-state index contributed by atoms with van der Waals surface area (Å²) in [4.78, 5) is 14.2.